The lowest BCUT2D eigenvalue weighted by Crippen LogP contribution is -1.98. The van der Waals surface area contributed by atoms with E-state index in [0.717, 1.165) is 11.8 Å². The van der Waals surface area contributed by atoms with E-state index in [0.29, 0.717) is 16.9 Å². The summed E-state index contributed by atoms with van der Waals surface area (Å²) in [5.74, 6) is 0.00127. The number of halogens is 1. The molecule has 0 spiro atoms. The molecule has 0 N–H and O–H groups in total. The molecule has 0 amide bonds. The summed E-state index contributed by atoms with van der Waals surface area (Å²) in [7, 11) is 1.51. The van der Waals surface area contributed by atoms with Crippen molar-refractivity contribution in [3.8, 4) is 16.9 Å². The van der Waals surface area contributed by atoms with Gasteiger partial charge in [0.15, 0.2) is 5.78 Å². The van der Waals surface area contributed by atoms with Gasteiger partial charge in [-0.3, -0.25) is 9.78 Å². The molecular formula is C14H12FNO2. The summed E-state index contributed by atoms with van der Waals surface area (Å²) in [5.41, 5.74) is 1.83. The topological polar surface area (TPSA) is 39.2 Å². The monoisotopic (exact) mass is 245 g/mol. The van der Waals surface area contributed by atoms with Crippen LogP contribution in [0.3, 0.4) is 0 Å². The van der Waals surface area contributed by atoms with Gasteiger partial charge in [-0.1, -0.05) is 6.07 Å². The highest BCUT2D eigenvalue weighted by Gasteiger charge is 2.10. The van der Waals surface area contributed by atoms with Crippen molar-refractivity contribution in [2.24, 2.45) is 0 Å². The van der Waals surface area contributed by atoms with E-state index < -0.39 is 5.82 Å². The zero-order valence-electron chi connectivity index (χ0n) is 10.1. The maximum atomic E-state index is 13.1. The van der Waals surface area contributed by atoms with Gasteiger partial charge in [0, 0.05) is 11.8 Å². The molecule has 0 saturated carbocycles. The second kappa shape index (κ2) is 4.96. The van der Waals surface area contributed by atoms with Crippen LogP contribution in [0.4, 0.5) is 4.39 Å². The molecule has 4 heteroatoms. The van der Waals surface area contributed by atoms with Crippen LogP contribution in [0.2, 0.25) is 0 Å². The molecule has 92 valence electrons. The van der Waals surface area contributed by atoms with E-state index in [1.807, 2.05) is 0 Å². The first kappa shape index (κ1) is 12.2. The fourth-order valence-electron chi connectivity index (χ4n) is 1.73. The molecule has 0 radical (unpaired) electrons. The van der Waals surface area contributed by atoms with Crippen molar-refractivity contribution in [3.05, 3.63) is 48.0 Å². The zero-order valence-corrected chi connectivity index (χ0v) is 10.1. The average Bonchev–Trinajstić information content (AvgIpc) is 2.38. The van der Waals surface area contributed by atoms with Crippen LogP contribution in [0.1, 0.15) is 17.3 Å². The molecule has 0 bridgehead atoms. The Bertz CT molecular complexity index is 596. The lowest BCUT2D eigenvalue weighted by molar-refractivity contribution is 0.101. The van der Waals surface area contributed by atoms with Crippen molar-refractivity contribution < 1.29 is 13.9 Å². The number of carbonyl (C=O) groups is 1. The molecule has 3 nitrogen and oxygen atoms in total. The molecule has 0 aliphatic heterocycles. The van der Waals surface area contributed by atoms with Gasteiger partial charge in [0.05, 0.1) is 18.9 Å². The molecule has 2 aromatic rings. The van der Waals surface area contributed by atoms with Gasteiger partial charge in [-0.15, -0.1) is 0 Å². The van der Waals surface area contributed by atoms with Crippen molar-refractivity contribution in [3.63, 3.8) is 0 Å². The van der Waals surface area contributed by atoms with Crippen molar-refractivity contribution in [1.82, 2.24) is 4.98 Å². The highest BCUT2D eigenvalue weighted by Crippen LogP contribution is 2.26. The van der Waals surface area contributed by atoms with Gasteiger partial charge in [-0.2, -0.15) is 0 Å². The summed E-state index contributed by atoms with van der Waals surface area (Å²) >= 11 is 0. The number of hydrogen-bond acceptors (Lipinski definition) is 3. The normalized spacial score (nSPS) is 10.2. The minimum absolute atomic E-state index is 0.0990. The summed E-state index contributed by atoms with van der Waals surface area (Å²) in [6.07, 6.45) is 2.69. The van der Waals surface area contributed by atoms with E-state index in [2.05, 4.69) is 4.98 Å². The van der Waals surface area contributed by atoms with Crippen LogP contribution in [0.25, 0.3) is 11.1 Å². The first-order valence-corrected chi connectivity index (χ1v) is 5.41. The van der Waals surface area contributed by atoms with Crippen LogP contribution in [0, 0.1) is 5.82 Å². The number of benzene rings is 1. The highest BCUT2D eigenvalue weighted by molar-refractivity contribution is 5.98. The maximum absolute atomic E-state index is 13.1. The molecular weight excluding hydrogens is 233 g/mol. The van der Waals surface area contributed by atoms with Crippen molar-refractivity contribution in [1.29, 1.82) is 0 Å². The Kier molecular flexibility index (Phi) is 3.37. The number of ketones is 1. The predicted octanol–water partition coefficient (Wildman–Crippen LogP) is 3.10. The van der Waals surface area contributed by atoms with E-state index >= 15 is 0 Å². The molecule has 0 aliphatic carbocycles. The second-order valence-corrected chi connectivity index (χ2v) is 3.86. The van der Waals surface area contributed by atoms with Crippen LogP contribution in [0.5, 0.6) is 5.75 Å². The summed E-state index contributed by atoms with van der Waals surface area (Å²) in [5, 5.41) is 0. The van der Waals surface area contributed by atoms with Gasteiger partial charge in [-0.05, 0) is 30.7 Å². The maximum Gasteiger partial charge on any atom is 0.163 e. The number of nitrogens with zero attached hydrogens (tertiary/aromatic N) is 1. The Morgan fingerprint density at radius 2 is 2.00 bits per heavy atom. The molecule has 0 unspecified atom stereocenters. The Labute approximate surface area is 104 Å². The van der Waals surface area contributed by atoms with E-state index in [9.17, 15) is 9.18 Å². The molecule has 2 rings (SSSR count). The number of carbonyl (C=O) groups excluding carboxylic acids is 1. The summed E-state index contributed by atoms with van der Waals surface area (Å²) in [6.45, 7) is 1.46. The van der Waals surface area contributed by atoms with E-state index in [1.165, 1.54) is 20.1 Å². The Morgan fingerprint density at radius 3 is 2.61 bits per heavy atom. The van der Waals surface area contributed by atoms with Crippen LogP contribution in [0.15, 0.2) is 36.7 Å². The predicted molar refractivity (Wildman–Crippen MR) is 66.2 cm³/mol. The summed E-state index contributed by atoms with van der Waals surface area (Å²) in [4.78, 5) is 15.3. The first-order valence-electron chi connectivity index (χ1n) is 5.41. The molecule has 0 aliphatic rings. The van der Waals surface area contributed by atoms with Crippen LogP contribution in [-0.2, 0) is 0 Å². The number of rotatable bonds is 3. The Balaban J connectivity index is 2.53. The lowest BCUT2D eigenvalue weighted by atomic mass is 10.0. The highest BCUT2D eigenvalue weighted by atomic mass is 19.1. The number of Topliss-reactive ketones (excluding diaryl/α,β-unsaturated/α-hetero) is 1. The molecule has 0 saturated heterocycles. The van der Waals surface area contributed by atoms with Gasteiger partial charge in [0.25, 0.3) is 0 Å². The van der Waals surface area contributed by atoms with Crippen molar-refractivity contribution in [2.75, 3.05) is 7.11 Å². The Hall–Kier alpha value is -2.23. The number of methoxy groups -OCH3 is 1. The number of pyridine rings is 1. The average molecular weight is 245 g/mol. The second-order valence-electron chi connectivity index (χ2n) is 3.86. The number of ether oxygens (including phenoxy) is 1. The number of aromatic nitrogens is 1. The molecule has 0 atom stereocenters. The fourth-order valence-corrected chi connectivity index (χ4v) is 1.73. The van der Waals surface area contributed by atoms with Crippen molar-refractivity contribution >= 4 is 5.78 Å². The SMILES string of the molecule is COc1ccc(-c2cncc(F)c2)cc1C(C)=O. The molecule has 1 heterocycles. The first-order chi connectivity index (χ1) is 8.61. The third-order valence-corrected chi connectivity index (χ3v) is 2.62. The minimum Gasteiger partial charge on any atom is -0.496 e. The van der Waals surface area contributed by atoms with E-state index in [1.54, 1.807) is 24.4 Å². The van der Waals surface area contributed by atoms with Crippen molar-refractivity contribution in [2.45, 2.75) is 6.92 Å². The number of hydrogen-bond donors (Lipinski definition) is 0. The van der Waals surface area contributed by atoms with Crippen LogP contribution >= 0.6 is 0 Å². The van der Waals surface area contributed by atoms with E-state index in [4.69, 9.17) is 4.74 Å². The van der Waals surface area contributed by atoms with Crippen LogP contribution in [-0.4, -0.2) is 17.9 Å². The molecule has 0 fully saturated rings. The Morgan fingerprint density at radius 1 is 1.22 bits per heavy atom. The zero-order chi connectivity index (χ0) is 13.1. The third-order valence-electron chi connectivity index (χ3n) is 2.62. The van der Waals surface area contributed by atoms with Gasteiger partial charge in [0.1, 0.15) is 11.6 Å². The smallest absolute Gasteiger partial charge is 0.163 e. The quantitative estimate of drug-likeness (QED) is 0.780. The van der Waals surface area contributed by atoms with E-state index in [-0.39, 0.29) is 5.78 Å². The summed E-state index contributed by atoms with van der Waals surface area (Å²) in [6, 6.07) is 6.51. The van der Waals surface area contributed by atoms with Gasteiger partial charge >= 0.3 is 0 Å². The summed E-state index contributed by atoms with van der Waals surface area (Å²) < 4.78 is 18.2. The fraction of sp³-hybridized carbons (Fsp3) is 0.143. The largest absolute Gasteiger partial charge is 0.496 e. The van der Waals surface area contributed by atoms with Gasteiger partial charge < -0.3 is 4.74 Å². The third kappa shape index (κ3) is 2.37. The molecule has 1 aromatic heterocycles. The minimum atomic E-state index is -0.410. The van der Waals surface area contributed by atoms with Crippen LogP contribution < -0.4 is 4.74 Å². The standard InChI is InChI=1S/C14H12FNO2/c1-9(17)13-6-10(3-4-14(13)18-2)11-5-12(15)8-16-7-11/h3-8H,1-2H3. The molecule has 1 aromatic carbocycles. The van der Waals surface area contributed by atoms with Gasteiger partial charge in [-0.25, -0.2) is 4.39 Å². The lowest BCUT2D eigenvalue weighted by Gasteiger charge is -2.08. The van der Waals surface area contributed by atoms with Gasteiger partial charge in [0.2, 0.25) is 0 Å². The molecule has 18 heavy (non-hydrogen) atoms.